The largest absolute Gasteiger partial charge is 0.364 e. The van der Waals surface area contributed by atoms with E-state index in [-0.39, 0.29) is 23.4 Å². The first-order valence-electron chi connectivity index (χ1n) is 8.08. The summed E-state index contributed by atoms with van der Waals surface area (Å²) in [6.07, 6.45) is 1.58. The summed E-state index contributed by atoms with van der Waals surface area (Å²) in [6, 6.07) is 11.8. The highest BCUT2D eigenvalue weighted by atomic mass is 16.2. The fourth-order valence-corrected chi connectivity index (χ4v) is 3.22. The molecule has 2 aromatic rings. The second-order valence-electron chi connectivity index (χ2n) is 6.42. The van der Waals surface area contributed by atoms with E-state index in [0.29, 0.717) is 5.69 Å². The molecule has 126 valence electrons. The second-order valence-corrected chi connectivity index (χ2v) is 6.42. The summed E-state index contributed by atoms with van der Waals surface area (Å²) in [7, 11) is 0. The molecule has 6 nitrogen and oxygen atoms in total. The highest BCUT2D eigenvalue weighted by molar-refractivity contribution is 5.96. The van der Waals surface area contributed by atoms with Gasteiger partial charge < -0.3 is 16.0 Å². The van der Waals surface area contributed by atoms with E-state index in [1.54, 1.807) is 12.3 Å². The zero-order valence-corrected chi connectivity index (χ0v) is 13.7. The van der Waals surface area contributed by atoms with Crippen LogP contribution in [-0.2, 0) is 11.3 Å². The number of H-pyrrole nitrogens is 1. The standard InChI is InChI=1S/C18H22N4O2/c1-12-9-22(10-13-5-3-2-4-6-13)11-15(12)18(24)21-14-7-16(17(19)23)20-8-14/h2-8,12,15,20H,9-11H2,1H3,(H2,19,23)(H,21,24)/t12-,15-/m1/s1. The van der Waals surface area contributed by atoms with Crippen LogP contribution in [0.2, 0.25) is 0 Å². The lowest BCUT2D eigenvalue weighted by atomic mass is 9.97. The van der Waals surface area contributed by atoms with Gasteiger partial charge >= 0.3 is 0 Å². The fourth-order valence-electron chi connectivity index (χ4n) is 3.22. The van der Waals surface area contributed by atoms with Gasteiger partial charge in [0.15, 0.2) is 0 Å². The Morgan fingerprint density at radius 3 is 2.71 bits per heavy atom. The van der Waals surface area contributed by atoms with Crippen molar-refractivity contribution in [3.8, 4) is 0 Å². The number of carbonyl (C=O) groups excluding carboxylic acids is 2. The van der Waals surface area contributed by atoms with Gasteiger partial charge in [-0.15, -0.1) is 0 Å². The molecule has 1 saturated heterocycles. The number of aromatic nitrogens is 1. The zero-order chi connectivity index (χ0) is 17.1. The molecule has 2 atom stereocenters. The number of amides is 2. The Kier molecular flexibility index (Phi) is 4.66. The molecule has 0 spiro atoms. The van der Waals surface area contributed by atoms with E-state index in [9.17, 15) is 9.59 Å². The summed E-state index contributed by atoms with van der Waals surface area (Å²) >= 11 is 0. The van der Waals surface area contributed by atoms with E-state index in [4.69, 9.17) is 5.73 Å². The van der Waals surface area contributed by atoms with Crippen molar-refractivity contribution < 1.29 is 9.59 Å². The van der Waals surface area contributed by atoms with Crippen molar-refractivity contribution >= 4 is 17.5 Å². The third-order valence-electron chi connectivity index (χ3n) is 4.49. The first-order chi connectivity index (χ1) is 11.5. The number of rotatable bonds is 5. The predicted molar refractivity (Wildman–Crippen MR) is 92.3 cm³/mol. The van der Waals surface area contributed by atoms with Crippen LogP contribution in [0.15, 0.2) is 42.6 Å². The van der Waals surface area contributed by atoms with E-state index in [2.05, 4.69) is 34.3 Å². The molecule has 3 rings (SSSR count). The number of benzene rings is 1. The molecule has 1 aromatic carbocycles. The maximum Gasteiger partial charge on any atom is 0.265 e. The fraction of sp³-hybridized carbons (Fsp3) is 0.333. The molecule has 1 aromatic heterocycles. The predicted octanol–water partition coefficient (Wildman–Crippen LogP) is 1.82. The number of likely N-dealkylation sites (tertiary alicyclic amines) is 1. The van der Waals surface area contributed by atoms with Gasteiger partial charge in [-0.25, -0.2) is 0 Å². The Morgan fingerprint density at radius 1 is 1.29 bits per heavy atom. The van der Waals surface area contributed by atoms with Crippen LogP contribution in [0.25, 0.3) is 0 Å². The smallest absolute Gasteiger partial charge is 0.265 e. The number of hydrogen-bond acceptors (Lipinski definition) is 3. The molecule has 1 fully saturated rings. The van der Waals surface area contributed by atoms with E-state index >= 15 is 0 Å². The number of aromatic amines is 1. The van der Waals surface area contributed by atoms with Gasteiger partial charge in [0.1, 0.15) is 5.69 Å². The van der Waals surface area contributed by atoms with E-state index in [0.717, 1.165) is 19.6 Å². The van der Waals surface area contributed by atoms with Gasteiger partial charge in [0.05, 0.1) is 11.6 Å². The van der Waals surface area contributed by atoms with Crippen molar-refractivity contribution in [2.24, 2.45) is 17.6 Å². The van der Waals surface area contributed by atoms with Gasteiger partial charge in [-0.05, 0) is 17.5 Å². The first-order valence-corrected chi connectivity index (χ1v) is 8.08. The zero-order valence-electron chi connectivity index (χ0n) is 13.7. The highest BCUT2D eigenvalue weighted by Crippen LogP contribution is 2.26. The maximum absolute atomic E-state index is 12.5. The molecule has 1 aliphatic heterocycles. The molecule has 0 unspecified atom stereocenters. The SMILES string of the molecule is C[C@@H]1CN(Cc2ccccc2)C[C@H]1C(=O)Nc1c[nH]c(C(N)=O)c1. The molecule has 0 saturated carbocycles. The van der Waals surface area contributed by atoms with Gasteiger partial charge in [-0.3, -0.25) is 14.5 Å². The third-order valence-corrected chi connectivity index (χ3v) is 4.49. The van der Waals surface area contributed by atoms with Gasteiger partial charge in [0, 0.05) is 25.8 Å². The van der Waals surface area contributed by atoms with E-state index in [1.807, 2.05) is 18.2 Å². The molecule has 2 amide bonds. The van der Waals surface area contributed by atoms with Crippen molar-refractivity contribution in [2.75, 3.05) is 18.4 Å². The maximum atomic E-state index is 12.5. The minimum atomic E-state index is -0.543. The Labute approximate surface area is 141 Å². The average Bonchev–Trinajstić information content (AvgIpc) is 3.15. The number of nitrogens with one attached hydrogen (secondary N) is 2. The summed E-state index contributed by atoms with van der Waals surface area (Å²) in [5.41, 5.74) is 7.32. The Morgan fingerprint density at radius 2 is 2.04 bits per heavy atom. The summed E-state index contributed by atoms with van der Waals surface area (Å²) in [5, 5.41) is 2.87. The Hall–Kier alpha value is -2.60. The molecule has 0 radical (unpaired) electrons. The molecule has 1 aliphatic rings. The molecule has 0 aliphatic carbocycles. The normalized spacial score (nSPS) is 20.9. The Balaban J connectivity index is 1.59. The average molecular weight is 326 g/mol. The van der Waals surface area contributed by atoms with Crippen LogP contribution in [0.5, 0.6) is 0 Å². The molecule has 24 heavy (non-hydrogen) atoms. The molecule has 0 bridgehead atoms. The van der Waals surface area contributed by atoms with Crippen LogP contribution < -0.4 is 11.1 Å². The van der Waals surface area contributed by atoms with Gasteiger partial charge in [0.2, 0.25) is 5.91 Å². The molecule has 2 heterocycles. The summed E-state index contributed by atoms with van der Waals surface area (Å²) in [6.45, 7) is 4.58. The Bertz CT molecular complexity index is 726. The van der Waals surface area contributed by atoms with Crippen LogP contribution in [0, 0.1) is 11.8 Å². The molecular weight excluding hydrogens is 304 g/mol. The summed E-state index contributed by atoms with van der Waals surface area (Å²) in [4.78, 5) is 28.7. The minimum Gasteiger partial charge on any atom is -0.364 e. The van der Waals surface area contributed by atoms with Crippen LogP contribution in [0.3, 0.4) is 0 Å². The van der Waals surface area contributed by atoms with Crippen LogP contribution in [0.4, 0.5) is 5.69 Å². The van der Waals surface area contributed by atoms with Gasteiger partial charge in [0.25, 0.3) is 5.91 Å². The van der Waals surface area contributed by atoms with Crippen LogP contribution in [-0.4, -0.2) is 34.8 Å². The second kappa shape index (κ2) is 6.88. The van der Waals surface area contributed by atoms with E-state index in [1.165, 1.54) is 5.56 Å². The van der Waals surface area contributed by atoms with Crippen molar-refractivity contribution in [2.45, 2.75) is 13.5 Å². The highest BCUT2D eigenvalue weighted by Gasteiger charge is 2.34. The van der Waals surface area contributed by atoms with Gasteiger partial charge in [-0.2, -0.15) is 0 Å². The van der Waals surface area contributed by atoms with E-state index < -0.39 is 5.91 Å². The lowest BCUT2D eigenvalue weighted by Crippen LogP contribution is -2.28. The van der Waals surface area contributed by atoms with Crippen LogP contribution >= 0.6 is 0 Å². The number of hydrogen-bond donors (Lipinski definition) is 3. The van der Waals surface area contributed by atoms with Crippen molar-refractivity contribution in [3.63, 3.8) is 0 Å². The lowest BCUT2D eigenvalue weighted by Gasteiger charge is -2.15. The lowest BCUT2D eigenvalue weighted by molar-refractivity contribution is -0.120. The number of nitrogens with two attached hydrogens (primary N) is 1. The molecular formula is C18H22N4O2. The monoisotopic (exact) mass is 326 g/mol. The van der Waals surface area contributed by atoms with Crippen molar-refractivity contribution in [1.82, 2.24) is 9.88 Å². The number of carbonyl (C=O) groups is 2. The summed E-state index contributed by atoms with van der Waals surface area (Å²) < 4.78 is 0. The minimum absolute atomic E-state index is 0.0203. The quantitative estimate of drug-likeness (QED) is 0.782. The topological polar surface area (TPSA) is 91.2 Å². The first kappa shape index (κ1) is 16.3. The number of nitrogens with zero attached hydrogens (tertiary/aromatic N) is 1. The van der Waals surface area contributed by atoms with Crippen LogP contribution in [0.1, 0.15) is 23.0 Å². The van der Waals surface area contributed by atoms with Crippen molar-refractivity contribution in [1.29, 1.82) is 0 Å². The molecule has 4 N–H and O–H groups in total. The third kappa shape index (κ3) is 3.65. The summed E-state index contributed by atoms with van der Waals surface area (Å²) in [5.74, 6) is -0.351. The molecule has 6 heteroatoms. The number of primary amides is 1. The number of anilines is 1. The van der Waals surface area contributed by atoms with Gasteiger partial charge in [-0.1, -0.05) is 37.3 Å². The van der Waals surface area contributed by atoms with Crippen molar-refractivity contribution in [3.05, 3.63) is 53.9 Å².